The molecule has 0 aliphatic heterocycles. The van der Waals surface area contributed by atoms with E-state index in [2.05, 4.69) is 0 Å². The normalized spacial score (nSPS) is 11.1. The highest BCUT2D eigenvalue weighted by atomic mass is 19.4. The van der Waals surface area contributed by atoms with Gasteiger partial charge in [-0.2, -0.15) is 13.2 Å². The van der Waals surface area contributed by atoms with Gasteiger partial charge >= 0.3 is 18.1 Å². The van der Waals surface area contributed by atoms with Crippen molar-refractivity contribution in [2.75, 3.05) is 13.7 Å². The number of rotatable bonds is 7. The number of hydrogen-bond acceptors (Lipinski definition) is 5. The highest BCUT2D eigenvalue weighted by Crippen LogP contribution is 2.29. The van der Waals surface area contributed by atoms with Gasteiger partial charge in [-0.3, -0.25) is 9.59 Å². The van der Waals surface area contributed by atoms with E-state index in [9.17, 15) is 27.9 Å². The third kappa shape index (κ3) is 6.41. The molecule has 6 nitrogen and oxygen atoms in total. The van der Waals surface area contributed by atoms with Crippen LogP contribution in [0.15, 0.2) is 42.5 Å². The van der Waals surface area contributed by atoms with Crippen molar-refractivity contribution in [2.45, 2.75) is 26.1 Å². The average molecular weight is 411 g/mol. The number of phenols is 1. The van der Waals surface area contributed by atoms with Gasteiger partial charge in [0.05, 0.1) is 7.11 Å². The number of aromatic hydroxyl groups is 1. The summed E-state index contributed by atoms with van der Waals surface area (Å²) in [5.74, 6) is -2.26. The van der Waals surface area contributed by atoms with Gasteiger partial charge in [0.15, 0.2) is 11.5 Å². The summed E-state index contributed by atoms with van der Waals surface area (Å²) in [5, 5.41) is 9.30. The summed E-state index contributed by atoms with van der Waals surface area (Å²) in [6.45, 7) is 0.649. The number of amides is 1. The van der Waals surface area contributed by atoms with E-state index in [1.165, 1.54) is 44.4 Å². The fraction of sp³-hybridized carbons (Fsp3) is 0.300. The molecular weight excluding hydrogens is 391 g/mol. The molecule has 0 heterocycles. The molecule has 0 bridgehead atoms. The van der Waals surface area contributed by atoms with Crippen LogP contribution in [0.4, 0.5) is 13.2 Å². The Balaban J connectivity index is 2.23. The summed E-state index contributed by atoms with van der Waals surface area (Å²) < 4.78 is 49.2. The summed E-state index contributed by atoms with van der Waals surface area (Å²) in [5.41, 5.74) is 1.00. The molecule has 2 rings (SSSR count). The fourth-order valence-electron chi connectivity index (χ4n) is 2.63. The van der Waals surface area contributed by atoms with Crippen LogP contribution in [-0.4, -0.2) is 41.7 Å². The summed E-state index contributed by atoms with van der Waals surface area (Å²) in [4.78, 5) is 23.8. The Morgan fingerprint density at radius 2 is 1.66 bits per heavy atom. The fourth-order valence-corrected chi connectivity index (χ4v) is 2.63. The van der Waals surface area contributed by atoms with Crippen LogP contribution in [-0.2, 0) is 22.6 Å². The zero-order valence-corrected chi connectivity index (χ0v) is 15.8. The maximum Gasteiger partial charge on any atom is 0.471 e. The van der Waals surface area contributed by atoms with Gasteiger partial charge < -0.3 is 19.5 Å². The maximum atomic E-state index is 13.0. The Kier molecular flexibility index (Phi) is 7.08. The van der Waals surface area contributed by atoms with Gasteiger partial charge in [0.1, 0.15) is 5.75 Å². The van der Waals surface area contributed by atoms with Crippen molar-refractivity contribution in [1.82, 2.24) is 4.90 Å². The second-order valence-corrected chi connectivity index (χ2v) is 6.22. The minimum Gasteiger partial charge on any atom is -0.508 e. The van der Waals surface area contributed by atoms with Gasteiger partial charge in [-0.15, -0.1) is 0 Å². The molecule has 0 saturated heterocycles. The first kappa shape index (κ1) is 22.1. The van der Waals surface area contributed by atoms with Gasteiger partial charge in [-0.1, -0.05) is 18.2 Å². The van der Waals surface area contributed by atoms with Crippen molar-refractivity contribution < 1.29 is 37.3 Å². The van der Waals surface area contributed by atoms with Crippen LogP contribution >= 0.6 is 0 Å². The van der Waals surface area contributed by atoms with Gasteiger partial charge in [0.25, 0.3) is 0 Å². The van der Waals surface area contributed by atoms with Crippen LogP contribution < -0.4 is 9.47 Å². The molecule has 0 aliphatic rings. The Hall–Kier alpha value is -3.23. The van der Waals surface area contributed by atoms with Gasteiger partial charge in [0, 0.05) is 20.0 Å². The largest absolute Gasteiger partial charge is 0.508 e. The maximum absolute atomic E-state index is 13.0. The van der Waals surface area contributed by atoms with Crippen LogP contribution in [0.1, 0.15) is 18.1 Å². The van der Waals surface area contributed by atoms with Crippen LogP contribution in [0.2, 0.25) is 0 Å². The second kappa shape index (κ2) is 9.31. The lowest BCUT2D eigenvalue weighted by Gasteiger charge is -2.24. The number of esters is 1. The van der Waals surface area contributed by atoms with Crippen molar-refractivity contribution >= 4 is 11.9 Å². The highest BCUT2D eigenvalue weighted by Gasteiger charge is 2.42. The lowest BCUT2D eigenvalue weighted by atomic mass is 10.1. The van der Waals surface area contributed by atoms with Gasteiger partial charge in [0.2, 0.25) is 0 Å². The summed E-state index contributed by atoms with van der Waals surface area (Å²) in [7, 11) is 1.36. The summed E-state index contributed by atoms with van der Waals surface area (Å²) in [6.07, 6.45) is -4.87. The van der Waals surface area contributed by atoms with E-state index >= 15 is 0 Å². The molecular formula is C20H20F3NO5. The Labute approximate surface area is 165 Å². The van der Waals surface area contributed by atoms with Crippen LogP contribution in [0.25, 0.3) is 0 Å². The molecule has 2 aromatic rings. The number of carbonyl (C=O) groups is 2. The molecule has 0 spiro atoms. The molecule has 0 aliphatic carbocycles. The molecule has 0 fully saturated rings. The van der Waals surface area contributed by atoms with Gasteiger partial charge in [-0.25, -0.2) is 0 Å². The predicted octanol–water partition coefficient (Wildman–Crippen LogP) is 3.46. The molecule has 0 atom stereocenters. The molecule has 1 N–H and O–H groups in total. The standard InChI is InChI=1S/C20H20F3NO5/c1-13(25)29-18-11-15(5-8-17(18)28-2)12-24(19(27)20(21,22)23)10-9-14-3-6-16(26)7-4-14/h3-8,11,26H,9-10,12H2,1-2H3. The highest BCUT2D eigenvalue weighted by molar-refractivity contribution is 5.82. The molecule has 1 amide bonds. The number of phenolic OH excluding ortho intramolecular Hbond substituents is 1. The van der Waals surface area contributed by atoms with Crippen LogP contribution in [0, 0.1) is 0 Å². The monoisotopic (exact) mass is 411 g/mol. The van der Waals surface area contributed by atoms with Crippen molar-refractivity contribution in [3.8, 4) is 17.2 Å². The first-order valence-corrected chi connectivity index (χ1v) is 8.59. The zero-order chi connectivity index (χ0) is 21.6. The van der Waals surface area contributed by atoms with Crippen molar-refractivity contribution in [3.63, 3.8) is 0 Å². The minimum atomic E-state index is -5.03. The number of carbonyl (C=O) groups excluding carboxylic acids is 2. The van der Waals surface area contributed by atoms with Crippen LogP contribution in [0.5, 0.6) is 17.2 Å². The first-order chi connectivity index (χ1) is 13.6. The summed E-state index contributed by atoms with van der Waals surface area (Å²) >= 11 is 0. The Bertz CT molecular complexity index is 865. The lowest BCUT2D eigenvalue weighted by Crippen LogP contribution is -2.41. The Morgan fingerprint density at radius 1 is 1.03 bits per heavy atom. The second-order valence-electron chi connectivity index (χ2n) is 6.22. The summed E-state index contributed by atoms with van der Waals surface area (Å²) in [6, 6.07) is 10.3. The SMILES string of the molecule is COc1ccc(CN(CCc2ccc(O)cc2)C(=O)C(F)(F)F)cc1OC(C)=O. The van der Waals surface area contributed by atoms with E-state index in [1.54, 1.807) is 12.1 Å². The molecule has 29 heavy (non-hydrogen) atoms. The molecule has 0 saturated carbocycles. The number of alkyl halides is 3. The molecule has 156 valence electrons. The topological polar surface area (TPSA) is 76.1 Å². The first-order valence-electron chi connectivity index (χ1n) is 8.59. The quantitative estimate of drug-likeness (QED) is 0.558. The lowest BCUT2D eigenvalue weighted by molar-refractivity contribution is -0.186. The third-order valence-electron chi connectivity index (χ3n) is 3.99. The molecule has 2 aromatic carbocycles. The van der Waals surface area contributed by atoms with E-state index in [0.29, 0.717) is 16.0 Å². The molecule has 0 radical (unpaired) electrons. The number of ether oxygens (including phenoxy) is 2. The molecule has 0 unspecified atom stereocenters. The van der Waals surface area contributed by atoms with E-state index in [0.717, 1.165) is 0 Å². The van der Waals surface area contributed by atoms with E-state index < -0.39 is 18.1 Å². The van der Waals surface area contributed by atoms with Crippen molar-refractivity contribution in [1.29, 1.82) is 0 Å². The minimum absolute atomic E-state index is 0.0354. The average Bonchev–Trinajstić information content (AvgIpc) is 2.65. The van der Waals surface area contributed by atoms with E-state index in [-0.39, 0.29) is 36.8 Å². The Morgan fingerprint density at radius 3 is 2.21 bits per heavy atom. The number of benzene rings is 2. The van der Waals surface area contributed by atoms with Crippen LogP contribution in [0.3, 0.4) is 0 Å². The number of halogens is 3. The predicted molar refractivity (Wildman–Crippen MR) is 97.6 cm³/mol. The third-order valence-corrected chi connectivity index (χ3v) is 3.99. The van der Waals surface area contributed by atoms with E-state index in [4.69, 9.17) is 9.47 Å². The number of methoxy groups -OCH3 is 1. The van der Waals surface area contributed by atoms with Gasteiger partial charge in [-0.05, 0) is 41.8 Å². The van der Waals surface area contributed by atoms with E-state index in [1.807, 2.05) is 0 Å². The molecule has 0 aromatic heterocycles. The number of nitrogens with zero attached hydrogens (tertiary/aromatic N) is 1. The number of hydrogen-bond donors (Lipinski definition) is 1. The van der Waals surface area contributed by atoms with Crippen molar-refractivity contribution in [2.24, 2.45) is 0 Å². The molecule has 9 heteroatoms. The smallest absolute Gasteiger partial charge is 0.471 e. The van der Waals surface area contributed by atoms with Crippen molar-refractivity contribution in [3.05, 3.63) is 53.6 Å². The zero-order valence-electron chi connectivity index (χ0n) is 15.8.